The van der Waals surface area contributed by atoms with Gasteiger partial charge in [-0.1, -0.05) is 30.3 Å². The summed E-state index contributed by atoms with van der Waals surface area (Å²) < 4.78 is 33.8. The topological polar surface area (TPSA) is 32.8 Å². The van der Waals surface area contributed by atoms with E-state index in [1.165, 1.54) is 0 Å². The maximum atomic E-state index is 14.5. The maximum absolute atomic E-state index is 14.5. The van der Waals surface area contributed by atoms with Crippen LogP contribution in [0, 0.1) is 17.6 Å². The van der Waals surface area contributed by atoms with Crippen LogP contribution in [-0.2, 0) is 11.3 Å². The largest absolute Gasteiger partial charge is 0.496 e. The Balaban J connectivity index is 1.45. The van der Waals surface area contributed by atoms with E-state index in [-0.39, 0.29) is 17.9 Å². The van der Waals surface area contributed by atoms with Crippen molar-refractivity contribution in [2.75, 3.05) is 20.2 Å². The van der Waals surface area contributed by atoms with Crippen molar-refractivity contribution in [1.82, 2.24) is 9.80 Å². The third-order valence-electron chi connectivity index (χ3n) is 7.02. The molecule has 1 spiro atoms. The fourth-order valence-corrected chi connectivity index (χ4v) is 5.83. The molecule has 3 saturated heterocycles. The van der Waals surface area contributed by atoms with Gasteiger partial charge in [0.2, 0.25) is 5.91 Å². The van der Waals surface area contributed by atoms with Crippen molar-refractivity contribution in [3.63, 3.8) is 0 Å². The number of methoxy groups -OCH3 is 1. The highest BCUT2D eigenvalue weighted by Gasteiger charge is 2.65. The van der Waals surface area contributed by atoms with Crippen molar-refractivity contribution in [2.45, 2.75) is 37.4 Å². The molecule has 2 aromatic rings. The van der Waals surface area contributed by atoms with Crippen LogP contribution in [-0.4, -0.2) is 41.4 Å². The van der Waals surface area contributed by atoms with Crippen LogP contribution in [0.1, 0.15) is 36.4 Å². The first-order valence-electron chi connectivity index (χ1n) is 10.2. The Morgan fingerprint density at radius 2 is 2.00 bits per heavy atom. The van der Waals surface area contributed by atoms with Gasteiger partial charge in [-0.05, 0) is 37.9 Å². The third kappa shape index (κ3) is 2.61. The van der Waals surface area contributed by atoms with Gasteiger partial charge in [-0.2, -0.15) is 0 Å². The zero-order valence-electron chi connectivity index (χ0n) is 16.4. The molecule has 5 rings (SSSR count). The summed E-state index contributed by atoms with van der Waals surface area (Å²) in [6.45, 7) is 1.89. The molecule has 0 radical (unpaired) electrons. The van der Waals surface area contributed by atoms with E-state index in [1.54, 1.807) is 19.2 Å². The van der Waals surface area contributed by atoms with Gasteiger partial charge in [-0.3, -0.25) is 9.69 Å². The number of nitrogens with zero attached hydrogens (tertiary/aromatic N) is 2. The lowest BCUT2D eigenvalue weighted by molar-refractivity contribution is -0.137. The number of ether oxygens (including phenoxy) is 1. The molecule has 152 valence electrons. The first-order chi connectivity index (χ1) is 14.1. The predicted molar refractivity (Wildman–Crippen MR) is 104 cm³/mol. The Kier molecular flexibility index (Phi) is 4.35. The third-order valence-corrected chi connectivity index (χ3v) is 7.02. The van der Waals surface area contributed by atoms with Gasteiger partial charge in [0.15, 0.2) is 11.6 Å². The lowest BCUT2D eigenvalue weighted by Gasteiger charge is -2.33. The Labute approximate surface area is 169 Å². The highest BCUT2D eigenvalue weighted by Crippen LogP contribution is 2.56. The van der Waals surface area contributed by atoms with E-state index in [4.69, 9.17) is 4.74 Å². The lowest BCUT2D eigenvalue weighted by atomic mass is 9.85. The SMILES string of the molecule is COc1ccccc1CN1C[C@@H]2C[C@@H](c3cccc(F)c3F)N3CCC[C@@]23C1=O. The van der Waals surface area contributed by atoms with Gasteiger partial charge in [0.1, 0.15) is 11.3 Å². The van der Waals surface area contributed by atoms with Crippen molar-refractivity contribution in [3.05, 3.63) is 65.2 Å². The standard InChI is InChI=1S/C23H24F2N2O2/c1-29-20-9-3-2-6-15(20)13-26-14-16-12-19(17-7-4-8-18(24)21(17)25)27-11-5-10-23(16,27)22(26)28/h2-4,6-9,16,19H,5,10-14H2,1H3/t16-,19-,23-/m0/s1. The summed E-state index contributed by atoms with van der Waals surface area (Å²) in [6, 6.07) is 11.9. The number of rotatable bonds is 4. The first kappa shape index (κ1) is 18.6. The van der Waals surface area contributed by atoms with Crippen molar-refractivity contribution in [1.29, 1.82) is 0 Å². The minimum atomic E-state index is -0.822. The zero-order chi connectivity index (χ0) is 20.2. The second-order valence-electron chi connectivity index (χ2n) is 8.31. The average molecular weight is 398 g/mol. The van der Waals surface area contributed by atoms with Crippen LogP contribution in [0.15, 0.2) is 42.5 Å². The summed E-state index contributed by atoms with van der Waals surface area (Å²) in [6.07, 6.45) is 2.36. The molecule has 1 amide bonds. The molecule has 3 aliphatic heterocycles. The molecule has 0 unspecified atom stereocenters. The quantitative estimate of drug-likeness (QED) is 0.783. The molecule has 2 aromatic carbocycles. The number of carbonyl (C=O) groups is 1. The van der Waals surface area contributed by atoms with Gasteiger partial charge in [-0.25, -0.2) is 8.78 Å². The van der Waals surface area contributed by atoms with E-state index in [2.05, 4.69) is 4.90 Å². The van der Waals surface area contributed by atoms with Crippen LogP contribution in [0.2, 0.25) is 0 Å². The number of amides is 1. The minimum absolute atomic E-state index is 0.116. The Hall–Kier alpha value is -2.47. The molecule has 4 nitrogen and oxygen atoms in total. The molecule has 0 aliphatic carbocycles. The summed E-state index contributed by atoms with van der Waals surface area (Å²) in [4.78, 5) is 17.7. The van der Waals surface area contributed by atoms with Crippen LogP contribution in [0.25, 0.3) is 0 Å². The molecule has 29 heavy (non-hydrogen) atoms. The summed E-state index contributed by atoms with van der Waals surface area (Å²) in [7, 11) is 1.63. The highest BCUT2D eigenvalue weighted by molar-refractivity contribution is 5.90. The normalized spacial score (nSPS) is 28.7. The molecule has 3 fully saturated rings. The highest BCUT2D eigenvalue weighted by atomic mass is 19.2. The Morgan fingerprint density at radius 1 is 1.17 bits per heavy atom. The van der Waals surface area contributed by atoms with Crippen molar-refractivity contribution in [3.8, 4) is 5.75 Å². The number of halogens is 2. The van der Waals surface area contributed by atoms with Gasteiger partial charge >= 0.3 is 0 Å². The zero-order valence-corrected chi connectivity index (χ0v) is 16.4. The average Bonchev–Trinajstić information content (AvgIpc) is 3.36. The van der Waals surface area contributed by atoms with Gasteiger partial charge < -0.3 is 9.64 Å². The number of hydrogen-bond donors (Lipinski definition) is 0. The van der Waals surface area contributed by atoms with Crippen molar-refractivity contribution >= 4 is 5.91 Å². The molecular weight excluding hydrogens is 374 g/mol. The molecule has 3 heterocycles. The monoisotopic (exact) mass is 398 g/mol. The number of likely N-dealkylation sites (tertiary alicyclic amines) is 1. The van der Waals surface area contributed by atoms with E-state index in [9.17, 15) is 13.6 Å². The molecular formula is C23H24F2N2O2. The molecule has 0 bridgehead atoms. The Morgan fingerprint density at radius 3 is 2.83 bits per heavy atom. The molecule has 6 heteroatoms. The van der Waals surface area contributed by atoms with Crippen LogP contribution >= 0.6 is 0 Å². The van der Waals surface area contributed by atoms with E-state index < -0.39 is 17.2 Å². The van der Waals surface area contributed by atoms with Gasteiger partial charge in [0.25, 0.3) is 0 Å². The molecule has 0 saturated carbocycles. The molecule has 3 aliphatic rings. The molecule has 3 atom stereocenters. The fourth-order valence-electron chi connectivity index (χ4n) is 5.83. The number of benzene rings is 2. The maximum Gasteiger partial charge on any atom is 0.243 e. The Bertz CT molecular complexity index is 966. The van der Waals surface area contributed by atoms with Crippen molar-refractivity contribution < 1.29 is 18.3 Å². The van der Waals surface area contributed by atoms with Gasteiger partial charge in [0, 0.05) is 36.2 Å². The predicted octanol–water partition coefficient (Wildman–Crippen LogP) is 3.91. The number of hydrogen-bond acceptors (Lipinski definition) is 3. The lowest BCUT2D eigenvalue weighted by Crippen LogP contribution is -2.49. The minimum Gasteiger partial charge on any atom is -0.496 e. The number of carbonyl (C=O) groups excluding carboxylic acids is 1. The van der Waals surface area contributed by atoms with Crippen molar-refractivity contribution in [2.24, 2.45) is 5.92 Å². The summed E-state index contributed by atoms with van der Waals surface area (Å²) in [5.74, 6) is -0.585. The molecule has 0 N–H and O–H groups in total. The van der Waals surface area contributed by atoms with Crippen LogP contribution < -0.4 is 4.74 Å². The summed E-state index contributed by atoms with van der Waals surface area (Å²) in [5.41, 5.74) is 0.785. The second-order valence-corrected chi connectivity index (χ2v) is 8.31. The van der Waals surface area contributed by atoms with Crippen LogP contribution in [0.5, 0.6) is 5.75 Å². The smallest absolute Gasteiger partial charge is 0.243 e. The van der Waals surface area contributed by atoms with E-state index in [0.717, 1.165) is 36.8 Å². The second kappa shape index (κ2) is 6.80. The fraction of sp³-hybridized carbons (Fsp3) is 0.435. The van der Waals surface area contributed by atoms with Crippen LogP contribution in [0.3, 0.4) is 0 Å². The number of para-hydroxylation sites is 1. The van der Waals surface area contributed by atoms with E-state index in [0.29, 0.717) is 25.1 Å². The van der Waals surface area contributed by atoms with Gasteiger partial charge in [-0.15, -0.1) is 0 Å². The summed E-state index contributed by atoms with van der Waals surface area (Å²) >= 11 is 0. The van der Waals surface area contributed by atoms with E-state index in [1.807, 2.05) is 29.2 Å². The van der Waals surface area contributed by atoms with Gasteiger partial charge in [0.05, 0.1) is 7.11 Å². The first-order valence-corrected chi connectivity index (χ1v) is 10.2. The summed E-state index contributed by atoms with van der Waals surface area (Å²) in [5, 5.41) is 0. The van der Waals surface area contributed by atoms with E-state index >= 15 is 0 Å². The molecule has 0 aromatic heterocycles. The van der Waals surface area contributed by atoms with Crippen LogP contribution in [0.4, 0.5) is 8.78 Å².